The Morgan fingerprint density at radius 3 is 2.70 bits per heavy atom. The first-order chi connectivity index (χ1) is 9.41. The predicted octanol–water partition coefficient (Wildman–Crippen LogP) is 2.75. The molecule has 5 heteroatoms. The van der Waals surface area contributed by atoms with E-state index in [-0.39, 0.29) is 5.91 Å². The number of hydrogen-bond acceptors (Lipinski definition) is 4. The fraction of sp³-hybridized carbons (Fsp3) is 0.667. The fourth-order valence-corrected chi connectivity index (χ4v) is 3.83. The summed E-state index contributed by atoms with van der Waals surface area (Å²) in [6, 6.07) is 4.54. The van der Waals surface area contributed by atoms with E-state index in [4.69, 9.17) is 5.84 Å². The molecule has 0 spiro atoms. The van der Waals surface area contributed by atoms with E-state index < -0.39 is 0 Å². The normalized spacial score (nSPS) is 19.2. The van der Waals surface area contributed by atoms with Gasteiger partial charge in [-0.3, -0.25) is 15.1 Å². The van der Waals surface area contributed by atoms with Gasteiger partial charge in [-0.05, 0) is 50.3 Å². The summed E-state index contributed by atoms with van der Waals surface area (Å²) in [4.78, 5) is 15.8. The highest BCUT2D eigenvalue weighted by atomic mass is 32.1. The molecule has 1 aromatic rings. The number of nitrogens with zero attached hydrogens (tertiary/aromatic N) is 1. The first-order valence-electron chi connectivity index (χ1n) is 7.21. The summed E-state index contributed by atoms with van der Waals surface area (Å²) < 4.78 is 0. The maximum absolute atomic E-state index is 11.4. The maximum atomic E-state index is 11.4. The average molecular weight is 295 g/mol. The number of nitrogens with two attached hydrogens (primary N) is 1. The largest absolute Gasteiger partial charge is 0.298 e. The molecule has 1 aromatic heterocycles. The van der Waals surface area contributed by atoms with Gasteiger partial charge in [0.05, 0.1) is 4.88 Å². The monoisotopic (exact) mass is 295 g/mol. The number of carbonyl (C=O) groups excluding carboxylic acids is 1. The van der Waals surface area contributed by atoms with Crippen LogP contribution in [-0.2, 0) is 6.54 Å². The predicted molar refractivity (Wildman–Crippen MR) is 83.5 cm³/mol. The second kappa shape index (κ2) is 6.24. The zero-order valence-corrected chi connectivity index (χ0v) is 13.4. The van der Waals surface area contributed by atoms with E-state index in [1.165, 1.54) is 41.9 Å². The van der Waals surface area contributed by atoms with Crippen LogP contribution in [0.5, 0.6) is 0 Å². The number of carbonyl (C=O) groups is 1. The van der Waals surface area contributed by atoms with Crippen LogP contribution in [0.2, 0.25) is 0 Å². The Morgan fingerprint density at radius 2 is 2.10 bits per heavy atom. The molecule has 0 unspecified atom stereocenters. The van der Waals surface area contributed by atoms with Crippen molar-refractivity contribution in [2.75, 3.05) is 7.05 Å². The van der Waals surface area contributed by atoms with Crippen LogP contribution in [0.3, 0.4) is 0 Å². The Balaban J connectivity index is 1.90. The minimum Gasteiger partial charge on any atom is -0.298 e. The number of nitrogens with one attached hydrogen (secondary N) is 1. The summed E-state index contributed by atoms with van der Waals surface area (Å²) in [5.74, 6) is 4.95. The van der Waals surface area contributed by atoms with E-state index in [9.17, 15) is 4.79 Å². The molecular weight excluding hydrogens is 270 g/mol. The highest BCUT2D eigenvalue weighted by molar-refractivity contribution is 7.14. The number of thiophene rings is 1. The molecule has 1 heterocycles. The Morgan fingerprint density at radius 1 is 1.45 bits per heavy atom. The Labute approximate surface area is 125 Å². The number of hydrazine groups is 1. The molecule has 1 aliphatic carbocycles. The molecule has 0 radical (unpaired) electrons. The summed E-state index contributed by atoms with van der Waals surface area (Å²) in [7, 11) is 2.19. The van der Waals surface area contributed by atoms with Gasteiger partial charge in [0, 0.05) is 17.5 Å². The molecule has 4 nitrogen and oxygen atoms in total. The van der Waals surface area contributed by atoms with E-state index >= 15 is 0 Å². The van der Waals surface area contributed by atoms with Crippen molar-refractivity contribution in [2.24, 2.45) is 11.3 Å². The van der Waals surface area contributed by atoms with Crippen LogP contribution in [0.4, 0.5) is 0 Å². The van der Waals surface area contributed by atoms with Gasteiger partial charge in [-0.2, -0.15) is 0 Å². The third-order valence-corrected chi connectivity index (χ3v) is 5.42. The molecular formula is C15H25N3OS. The maximum Gasteiger partial charge on any atom is 0.275 e. The zero-order valence-electron chi connectivity index (χ0n) is 12.6. The van der Waals surface area contributed by atoms with Gasteiger partial charge in [0.25, 0.3) is 5.91 Å². The first-order valence-corrected chi connectivity index (χ1v) is 8.03. The minimum atomic E-state index is -0.205. The molecule has 0 aliphatic heterocycles. The van der Waals surface area contributed by atoms with Crippen molar-refractivity contribution in [3.8, 4) is 0 Å². The average Bonchev–Trinajstić information content (AvgIpc) is 2.86. The number of hydrogen-bond donors (Lipinski definition) is 2. The molecule has 1 saturated carbocycles. The molecule has 2 rings (SSSR count). The highest BCUT2D eigenvalue weighted by Gasteiger charge is 2.28. The highest BCUT2D eigenvalue weighted by Crippen LogP contribution is 2.37. The van der Waals surface area contributed by atoms with Crippen LogP contribution in [-0.4, -0.2) is 23.9 Å². The fourth-order valence-electron chi connectivity index (χ4n) is 2.86. The van der Waals surface area contributed by atoms with Gasteiger partial charge in [-0.15, -0.1) is 11.3 Å². The van der Waals surface area contributed by atoms with Crippen LogP contribution in [0.15, 0.2) is 12.1 Å². The molecule has 1 amide bonds. The molecule has 0 bridgehead atoms. The summed E-state index contributed by atoms with van der Waals surface area (Å²) in [6.45, 7) is 5.63. The molecule has 0 atom stereocenters. The Hall–Kier alpha value is -0.910. The van der Waals surface area contributed by atoms with Gasteiger partial charge in [-0.1, -0.05) is 13.8 Å². The second-order valence-corrected chi connectivity index (χ2v) is 7.72. The van der Waals surface area contributed by atoms with Crippen LogP contribution in [0.25, 0.3) is 0 Å². The number of rotatable bonds is 4. The minimum absolute atomic E-state index is 0.205. The van der Waals surface area contributed by atoms with E-state index in [0.29, 0.717) is 16.3 Å². The summed E-state index contributed by atoms with van der Waals surface area (Å²) >= 11 is 1.52. The van der Waals surface area contributed by atoms with Gasteiger partial charge in [0.1, 0.15) is 0 Å². The van der Waals surface area contributed by atoms with Crippen LogP contribution < -0.4 is 11.3 Å². The lowest BCUT2D eigenvalue weighted by Crippen LogP contribution is -2.36. The van der Waals surface area contributed by atoms with Gasteiger partial charge in [0.15, 0.2) is 0 Å². The number of amides is 1. The molecule has 112 valence electrons. The lowest BCUT2D eigenvalue weighted by Gasteiger charge is -2.38. The Kier molecular flexibility index (Phi) is 4.83. The summed E-state index contributed by atoms with van der Waals surface area (Å²) in [5.41, 5.74) is 2.68. The topological polar surface area (TPSA) is 58.4 Å². The molecule has 20 heavy (non-hydrogen) atoms. The standard InChI is InChI=1S/C15H25N3OS/c1-15(2)8-6-11(7-9-15)18(3)10-12-4-5-13(20-12)14(19)17-16/h4-5,11H,6-10,16H2,1-3H3,(H,17,19). The summed E-state index contributed by atoms with van der Waals surface area (Å²) in [5, 5.41) is 0. The van der Waals surface area contributed by atoms with Crippen molar-refractivity contribution in [3.05, 3.63) is 21.9 Å². The van der Waals surface area contributed by atoms with Gasteiger partial charge < -0.3 is 0 Å². The van der Waals surface area contributed by atoms with Crippen molar-refractivity contribution in [3.63, 3.8) is 0 Å². The van der Waals surface area contributed by atoms with E-state index in [1.807, 2.05) is 12.1 Å². The van der Waals surface area contributed by atoms with Gasteiger partial charge >= 0.3 is 0 Å². The SMILES string of the molecule is CN(Cc1ccc(C(=O)NN)s1)C1CCC(C)(C)CC1. The van der Waals surface area contributed by atoms with Gasteiger partial charge in [0.2, 0.25) is 0 Å². The van der Waals surface area contributed by atoms with E-state index in [1.54, 1.807) is 0 Å². The van der Waals surface area contributed by atoms with E-state index in [2.05, 4.69) is 31.2 Å². The molecule has 0 saturated heterocycles. The number of nitrogen functional groups attached to an aromatic ring is 1. The van der Waals surface area contributed by atoms with Crippen molar-refractivity contribution in [1.82, 2.24) is 10.3 Å². The Bertz CT molecular complexity index is 459. The third kappa shape index (κ3) is 3.81. The molecule has 3 N–H and O–H groups in total. The summed E-state index contributed by atoms with van der Waals surface area (Å²) in [6.07, 6.45) is 5.14. The van der Waals surface area contributed by atoms with E-state index in [0.717, 1.165) is 6.54 Å². The van der Waals surface area contributed by atoms with Crippen LogP contribution in [0, 0.1) is 5.41 Å². The van der Waals surface area contributed by atoms with Crippen molar-refractivity contribution >= 4 is 17.2 Å². The van der Waals surface area contributed by atoms with Crippen LogP contribution in [0.1, 0.15) is 54.1 Å². The molecule has 0 aromatic carbocycles. The van der Waals surface area contributed by atoms with Gasteiger partial charge in [-0.25, -0.2) is 5.84 Å². The lowest BCUT2D eigenvalue weighted by atomic mass is 9.75. The van der Waals surface area contributed by atoms with Crippen molar-refractivity contribution in [2.45, 2.75) is 52.1 Å². The quantitative estimate of drug-likeness (QED) is 0.510. The third-order valence-electron chi connectivity index (χ3n) is 4.35. The molecule has 1 fully saturated rings. The van der Waals surface area contributed by atoms with Crippen molar-refractivity contribution in [1.29, 1.82) is 0 Å². The smallest absolute Gasteiger partial charge is 0.275 e. The first kappa shape index (κ1) is 15.5. The second-order valence-electron chi connectivity index (χ2n) is 6.55. The van der Waals surface area contributed by atoms with Crippen LogP contribution >= 0.6 is 11.3 Å². The molecule has 1 aliphatic rings. The van der Waals surface area contributed by atoms with Crippen molar-refractivity contribution < 1.29 is 4.79 Å². The zero-order chi connectivity index (χ0) is 14.8. The lowest BCUT2D eigenvalue weighted by molar-refractivity contribution is 0.0957.